The smallest absolute Gasteiger partial charge is 0.234 e. The van der Waals surface area contributed by atoms with Crippen molar-refractivity contribution in [3.8, 4) is 22.9 Å². The zero-order valence-corrected chi connectivity index (χ0v) is 17.7. The largest absolute Gasteiger partial charge is 0.493 e. The Labute approximate surface area is 183 Å². The lowest BCUT2D eigenvalue weighted by atomic mass is 10.2. The van der Waals surface area contributed by atoms with Crippen LogP contribution in [-0.4, -0.2) is 50.4 Å². The van der Waals surface area contributed by atoms with Crippen LogP contribution in [0.4, 0.5) is 5.69 Å². The van der Waals surface area contributed by atoms with Crippen molar-refractivity contribution in [1.82, 2.24) is 24.5 Å². The minimum atomic E-state index is -0.176. The summed E-state index contributed by atoms with van der Waals surface area (Å²) >= 11 is 1.29. The molecule has 4 aromatic rings. The SMILES string of the molecule is COc1ccc(NC(=O)CSc2nnc(-c3ccncc3)n2-n2cccc2)cc1OC. The van der Waals surface area contributed by atoms with Gasteiger partial charge in [0.1, 0.15) is 0 Å². The van der Waals surface area contributed by atoms with Gasteiger partial charge in [0.15, 0.2) is 17.3 Å². The Morgan fingerprint density at radius 2 is 1.77 bits per heavy atom. The second kappa shape index (κ2) is 9.35. The van der Waals surface area contributed by atoms with Crippen molar-refractivity contribution in [3.05, 3.63) is 67.3 Å². The highest BCUT2D eigenvalue weighted by atomic mass is 32.2. The summed E-state index contributed by atoms with van der Waals surface area (Å²) in [6.45, 7) is 0. The zero-order valence-electron chi connectivity index (χ0n) is 16.9. The summed E-state index contributed by atoms with van der Waals surface area (Å²) in [6.07, 6.45) is 7.18. The molecule has 0 atom stereocenters. The summed E-state index contributed by atoms with van der Waals surface area (Å²) in [6, 6.07) is 12.8. The van der Waals surface area contributed by atoms with E-state index in [1.54, 1.807) is 44.8 Å². The molecule has 0 aliphatic rings. The normalized spacial score (nSPS) is 10.6. The van der Waals surface area contributed by atoms with Gasteiger partial charge in [-0.2, -0.15) is 0 Å². The maximum Gasteiger partial charge on any atom is 0.234 e. The number of nitrogens with zero attached hydrogens (tertiary/aromatic N) is 5. The third-order valence-electron chi connectivity index (χ3n) is 4.37. The summed E-state index contributed by atoms with van der Waals surface area (Å²) in [5.74, 6) is 1.77. The van der Waals surface area contributed by atoms with Crippen LogP contribution in [0.25, 0.3) is 11.4 Å². The number of carbonyl (C=O) groups is 1. The van der Waals surface area contributed by atoms with Crippen LogP contribution >= 0.6 is 11.8 Å². The molecule has 1 N–H and O–H groups in total. The van der Waals surface area contributed by atoms with Gasteiger partial charge in [-0.25, -0.2) is 4.68 Å². The Balaban J connectivity index is 1.51. The quantitative estimate of drug-likeness (QED) is 0.424. The molecule has 9 nitrogen and oxygen atoms in total. The lowest BCUT2D eigenvalue weighted by Gasteiger charge is -2.12. The molecular formula is C21H20N6O3S. The number of hydrogen-bond acceptors (Lipinski definition) is 7. The van der Waals surface area contributed by atoms with Crippen LogP contribution in [0, 0.1) is 0 Å². The van der Waals surface area contributed by atoms with Crippen molar-refractivity contribution in [1.29, 1.82) is 0 Å². The van der Waals surface area contributed by atoms with E-state index >= 15 is 0 Å². The molecular weight excluding hydrogens is 416 g/mol. The van der Waals surface area contributed by atoms with Crippen LogP contribution < -0.4 is 14.8 Å². The fourth-order valence-corrected chi connectivity index (χ4v) is 3.68. The lowest BCUT2D eigenvalue weighted by molar-refractivity contribution is -0.113. The van der Waals surface area contributed by atoms with Crippen molar-refractivity contribution in [2.24, 2.45) is 0 Å². The minimum Gasteiger partial charge on any atom is -0.493 e. The molecule has 31 heavy (non-hydrogen) atoms. The van der Waals surface area contributed by atoms with Gasteiger partial charge < -0.3 is 14.8 Å². The average Bonchev–Trinajstić information content (AvgIpc) is 3.47. The number of carbonyl (C=O) groups excluding carboxylic acids is 1. The van der Waals surface area contributed by atoms with E-state index < -0.39 is 0 Å². The molecule has 0 unspecified atom stereocenters. The molecule has 4 rings (SSSR count). The van der Waals surface area contributed by atoms with Crippen LogP contribution in [0.15, 0.2) is 72.4 Å². The van der Waals surface area contributed by atoms with E-state index in [-0.39, 0.29) is 11.7 Å². The van der Waals surface area contributed by atoms with Crippen LogP contribution in [0.3, 0.4) is 0 Å². The first kappa shape index (κ1) is 20.5. The molecule has 3 aromatic heterocycles. The van der Waals surface area contributed by atoms with Gasteiger partial charge in [0.05, 0.1) is 20.0 Å². The number of amides is 1. The predicted octanol–water partition coefficient (Wildman–Crippen LogP) is 3.20. The van der Waals surface area contributed by atoms with Gasteiger partial charge in [0.25, 0.3) is 0 Å². The van der Waals surface area contributed by atoms with E-state index in [1.807, 2.05) is 46.0 Å². The topological polar surface area (TPSA) is 96.1 Å². The maximum absolute atomic E-state index is 12.5. The van der Waals surface area contributed by atoms with E-state index in [9.17, 15) is 4.79 Å². The van der Waals surface area contributed by atoms with Gasteiger partial charge >= 0.3 is 0 Å². The monoisotopic (exact) mass is 436 g/mol. The van der Waals surface area contributed by atoms with Crippen molar-refractivity contribution >= 4 is 23.4 Å². The highest BCUT2D eigenvalue weighted by Crippen LogP contribution is 2.30. The second-order valence-corrected chi connectivity index (χ2v) is 7.27. The third-order valence-corrected chi connectivity index (χ3v) is 5.29. The van der Waals surface area contributed by atoms with Gasteiger partial charge in [0.2, 0.25) is 11.1 Å². The minimum absolute atomic E-state index is 0.157. The molecule has 0 spiro atoms. The van der Waals surface area contributed by atoms with E-state index in [4.69, 9.17) is 9.47 Å². The first-order valence-corrected chi connectivity index (χ1v) is 10.3. The Morgan fingerprint density at radius 1 is 1.03 bits per heavy atom. The standard InChI is InChI=1S/C21H20N6O3S/c1-29-17-6-5-16(13-18(17)30-2)23-19(28)14-31-21-25-24-20(15-7-9-22-10-8-15)27(21)26-11-3-4-12-26/h3-13H,14H2,1-2H3,(H,23,28). The second-order valence-electron chi connectivity index (χ2n) is 6.32. The predicted molar refractivity (Wildman–Crippen MR) is 117 cm³/mol. The Hall–Kier alpha value is -3.79. The highest BCUT2D eigenvalue weighted by molar-refractivity contribution is 7.99. The summed E-state index contributed by atoms with van der Waals surface area (Å²) in [5, 5.41) is 12.1. The Morgan fingerprint density at radius 3 is 2.48 bits per heavy atom. The zero-order chi connectivity index (χ0) is 21.6. The average molecular weight is 436 g/mol. The summed E-state index contributed by atoms with van der Waals surface area (Å²) in [7, 11) is 3.11. The van der Waals surface area contributed by atoms with Crippen LogP contribution in [0.2, 0.25) is 0 Å². The van der Waals surface area contributed by atoms with E-state index in [1.165, 1.54) is 11.8 Å². The number of hydrogen-bond donors (Lipinski definition) is 1. The number of benzene rings is 1. The van der Waals surface area contributed by atoms with Gasteiger partial charge in [-0.15, -0.1) is 10.2 Å². The van der Waals surface area contributed by atoms with E-state index in [0.717, 1.165) is 5.56 Å². The van der Waals surface area contributed by atoms with E-state index in [0.29, 0.717) is 28.2 Å². The number of ether oxygens (including phenoxy) is 2. The van der Waals surface area contributed by atoms with Gasteiger partial charge in [-0.3, -0.25) is 14.5 Å². The lowest BCUT2D eigenvalue weighted by Crippen LogP contribution is -2.16. The van der Waals surface area contributed by atoms with Crippen molar-refractivity contribution < 1.29 is 14.3 Å². The fourth-order valence-electron chi connectivity index (χ4n) is 2.94. The summed E-state index contributed by atoms with van der Waals surface area (Å²) < 4.78 is 14.2. The van der Waals surface area contributed by atoms with E-state index in [2.05, 4.69) is 20.5 Å². The van der Waals surface area contributed by atoms with Crippen LogP contribution in [-0.2, 0) is 4.79 Å². The Bertz CT molecular complexity index is 1160. The number of anilines is 1. The molecule has 0 bridgehead atoms. The molecule has 0 radical (unpaired) electrons. The first-order chi connectivity index (χ1) is 15.2. The number of nitrogens with one attached hydrogen (secondary N) is 1. The maximum atomic E-state index is 12.5. The molecule has 1 aromatic carbocycles. The van der Waals surface area contributed by atoms with Crippen molar-refractivity contribution in [3.63, 3.8) is 0 Å². The molecule has 0 aliphatic carbocycles. The van der Waals surface area contributed by atoms with Gasteiger partial charge in [-0.05, 0) is 36.4 Å². The molecule has 0 fully saturated rings. The molecule has 0 aliphatic heterocycles. The third kappa shape index (κ3) is 4.53. The molecule has 0 saturated heterocycles. The van der Waals surface area contributed by atoms with Gasteiger partial charge in [0, 0.05) is 42.1 Å². The number of thioether (sulfide) groups is 1. The molecule has 158 valence electrons. The highest BCUT2D eigenvalue weighted by Gasteiger charge is 2.17. The first-order valence-electron chi connectivity index (χ1n) is 9.33. The summed E-state index contributed by atoms with van der Waals surface area (Å²) in [4.78, 5) is 16.6. The number of methoxy groups -OCH3 is 2. The van der Waals surface area contributed by atoms with Crippen molar-refractivity contribution in [2.45, 2.75) is 5.16 Å². The van der Waals surface area contributed by atoms with Crippen molar-refractivity contribution in [2.75, 3.05) is 25.3 Å². The molecule has 10 heteroatoms. The molecule has 3 heterocycles. The molecule has 0 saturated carbocycles. The number of rotatable bonds is 8. The molecule has 1 amide bonds. The number of aromatic nitrogens is 5. The van der Waals surface area contributed by atoms with Crippen LogP contribution in [0.1, 0.15) is 0 Å². The number of pyridine rings is 1. The van der Waals surface area contributed by atoms with Gasteiger partial charge in [-0.1, -0.05) is 11.8 Å². The fraction of sp³-hybridized carbons (Fsp3) is 0.143. The Kier molecular flexibility index (Phi) is 6.18. The summed E-state index contributed by atoms with van der Waals surface area (Å²) in [5.41, 5.74) is 1.49. The van der Waals surface area contributed by atoms with Crippen LogP contribution in [0.5, 0.6) is 11.5 Å².